The fourth-order valence-electron chi connectivity index (χ4n) is 6.04. The first-order valence-electron chi connectivity index (χ1n) is 13.1. The van der Waals surface area contributed by atoms with Gasteiger partial charge in [-0.25, -0.2) is 0 Å². The highest BCUT2D eigenvalue weighted by molar-refractivity contribution is 7.07. The van der Waals surface area contributed by atoms with Crippen LogP contribution in [0, 0.1) is 11.8 Å². The standard InChI is InChI=1S/C31H41NOSi/c1-25(2)23-31(24-26(3)4,30-21-14-22-32-30)33-34(27-15-8-5-9-16-27,28-17-10-6-11-18-28)29-19-12-7-13-20-29/h5-13,15-20,25-26,30,32H,14,21-24H2,1-4H3/t30-/m0/s1. The van der Waals surface area contributed by atoms with Crippen LogP contribution in [0.3, 0.4) is 0 Å². The van der Waals surface area contributed by atoms with Gasteiger partial charge in [0.2, 0.25) is 0 Å². The molecule has 34 heavy (non-hydrogen) atoms. The molecule has 0 aromatic heterocycles. The lowest BCUT2D eigenvalue weighted by Gasteiger charge is -2.49. The number of benzene rings is 3. The van der Waals surface area contributed by atoms with Gasteiger partial charge >= 0.3 is 0 Å². The lowest BCUT2D eigenvalue weighted by molar-refractivity contribution is -0.00681. The maximum Gasteiger partial charge on any atom is 0.288 e. The maximum absolute atomic E-state index is 7.97. The van der Waals surface area contributed by atoms with Gasteiger partial charge < -0.3 is 9.74 Å². The minimum absolute atomic E-state index is 0.230. The van der Waals surface area contributed by atoms with E-state index in [-0.39, 0.29) is 5.60 Å². The Morgan fingerprint density at radius 2 is 1.15 bits per heavy atom. The Labute approximate surface area is 207 Å². The van der Waals surface area contributed by atoms with E-state index in [0.717, 1.165) is 19.4 Å². The molecule has 3 heteroatoms. The Bertz CT molecular complexity index is 891. The molecule has 0 amide bonds. The summed E-state index contributed by atoms with van der Waals surface area (Å²) in [6.07, 6.45) is 4.53. The summed E-state index contributed by atoms with van der Waals surface area (Å²) < 4.78 is 7.97. The van der Waals surface area contributed by atoms with Crippen molar-refractivity contribution in [1.82, 2.24) is 5.32 Å². The van der Waals surface area contributed by atoms with Crippen LogP contribution in [0.1, 0.15) is 53.4 Å². The molecule has 1 N–H and O–H groups in total. The normalized spacial score (nSPS) is 16.9. The summed E-state index contributed by atoms with van der Waals surface area (Å²) in [6, 6.07) is 33.5. The van der Waals surface area contributed by atoms with Crippen molar-refractivity contribution < 1.29 is 4.43 Å². The van der Waals surface area contributed by atoms with Gasteiger partial charge in [0, 0.05) is 6.04 Å². The minimum atomic E-state index is -2.80. The van der Waals surface area contributed by atoms with Crippen LogP contribution < -0.4 is 20.9 Å². The van der Waals surface area contributed by atoms with Crippen molar-refractivity contribution in [3.8, 4) is 0 Å². The number of nitrogens with one attached hydrogen (secondary N) is 1. The molecule has 180 valence electrons. The Hall–Kier alpha value is -2.20. The third-order valence-electron chi connectivity index (χ3n) is 7.10. The van der Waals surface area contributed by atoms with Crippen LogP contribution in [0.25, 0.3) is 0 Å². The van der Waals surface area contributed by atoms with E-state index in [1.807, 2.05) is 0 Å². The summed E-state index contributed by atoms with van der Waals surface area (Å²) in [5.41, 5.74) is -0.230. The largest absolute Gasteiger partial charge is 0.397 e. The van der Waals surface area contributed by atoms with Crippen molar-refractivity contribution in [2.75, 3.05) is 6.54 Å². The first-order valence-corrected chi connectivity index (χ1v) is 15.0. The molecule has 0 bridgehead atoms. The van der Waals surface area contributed by atoms with Crippen LogP contribution in [0.4, 0.5) is 0 Å². The molecule has 1 saturated heterocycles. The molecule has 3 aromatic rings. The second-order valence-corrected chi connectivity index (χ2v) is 14.1. The van der Waals surface area contributed by atoms with Crippen LogP contribution in [0.2, 0.25) is 0 Å². The van der Waals surface area contributed by atoms with E-state index in [4.69, 9.17) is 4.43 Å². The number of rotatable bonds is 10. The van der Waals surface area contributed by atoms with Gasteiger partial charge in [0.05, 0.1) is 5.60 Å². The molecule has 1 aliphatic rings. The second-order valence-electron chi connectivity index (χ2n) is 10.8. The van der Waals surface area contributed by atoms with Crippen LogP contribution in [-0.4, -0.2) is 26.5 Å². The van der Waals surface area contributed by atoms with Crippen molar-refractivity contribution in [3.63, 3.8) is 0 Å². The minimum Gasteiger partial charge on any atom is -0.397 e. The lowest BCUT2D eigenvalue weighted by atomic mass is 9.79. The van der Waals surface area contributed by atoms with Gasteiger partial charge in [0.15, 0.2) is 0 Å². The Morgan fingerprint density at radius 1 is 0.735 bits per heavy atom. The van der Waals surface area contributed by atoms with Gasteiger partial charge in [-0.15, -0.1) is 0 Å². The van der Waals surface area contributed by atoms with Crippen molar-refractivity contribution in [1.29, 1.82) is 0 Å². The van der Waals surface area contributed by atoms with Crippen LogP contribution in [0.5, 0.6) is 0 Å². The van der Waals surface area contributed by atoms with Gasteiger partial charge in [-0.2, -0.15) is 0 Å². The van der Waals surface area contributed by atoms with E-state index < -0.39 is 8.32 Å². The molecular formula is C31H41NOSi. The molecule has 1 fully saturated rings. The van der Waals surface area contributed by atoms with E-state index in [1.165, 1.54) is 28.4 Å². The fraction of sp³-hybridized carbons (Fsp3) is 0.419. The van der Waals surface area contributed by atoms with Crippen LogP contribution in [-0.2, 0) is 4.43 Å². The first-order chi connectivity index (χ1) is 16.5. The summed E-state index contributed by atoms with van der Waals surface area (Å²) in [6.45, 7) is 10.5. The summed E-state index contributed by atoms with van der Waals surface area (Å²) in [4.78, 5) is 0. The average molecular weight is 472 g/mol. The molecule has 1 heterocycles. The van der Waals surface area contributed by atoms with Gasteiger partial charge in [0.1, 0.15) is 0 Å². The molecule has 0 radical (unpaired) electrons. The van der Waals surface area contributed by atoms with Crippen LogP contribution >= 0.6 is 0 Å². The fourth-order valence-corrected chi connectivity index (χ4v) is 10.3. The maximum atomic E-state index is 7.97. The second kappa shape index (κ2) is 11.0. The Morgan fingerprint density at radius 3 is 1.47 bits per heavy atom. The number of hydrogen-bond acceptors (Lipinski definition) is 2. The molecule has 0 spiro atoms. The molecular weight excluding hydrogens is 430 g/mol. The first kappa shape index (κ1) is 24.9. The van der Waals surface area contributed by atoms with E-state index in [1.54, 1.807) is 0 Å². The highest BCUT2D eigenvalue weighted by Crippen LogP contribution is 2.38. The van der Waals surface area contributed by atoms with E-state index >= 15 is 0 Å². The summed E-state index contributed by atoms with van der Waals surface area (Å²) >= 11 is 0. The molecule has 1 atom stereocenters. The van der Waals surface area contributed by atoms with Gasteiger partial charge in [-0.3, -0.25) is 0 Å². The van der Waals surface area contributed by atoms with Crippen LogP contribution in [0.15, 0.2) is 91.0 Å². The van der Waals surface area contributed by atoms with E-state index in [9.17, 15) is 0 Å². The molecule has 1 aliphatic heterocycles. The molecule has 0 saturated carbocycles. The smallest absolute Gasteiger partial charge is 0.288 e. The van der Waals surface area contributed by atoms with Gasteiger partial charge in [0.25, 0.3) is 8.32 Å². The third kappa shape index (κ3) is 5.22. The lowest BCUT2D eigenvalue weighted by Crippen LogP contribution is -2.74. The zero-order valence-corrected chi connectivity index (χ0v) is 22.3. The Kier molecular flexibility index (Phi) is 8.08. The highest BCUT2D eigenvalue weighted by Gasteiger charge is 2.52. The summed E-state index contributed by atoms with van der Waals surface area (Å²) in [5, 5.41) is 7.85. The highest BCUT2D eigenvalue weighted by atomic mass is 28.4. The van der Waals surface area contributed by atoms with Gasteiger partial charge in [-0.05, 0) is 59.6 Å². The zero-order valence-electron chi connectivity index (χ0n) is 21.3. The monoisotopic (exact) mass is 471 g/mol. The molecule has 2 nitrogen and oxygen atoms in total. The summed E-state index contributed by atoms with van der Waals surface area (Å²) in [5.74, 6) is 1.10. The predicted octanol–water partition coefficient (Wildman–Crippen LogP) is 5.25. The summed E-state index contributed by atoms with van der Waals surface area (Å²) in [7, 11) is -2.80. The van der Waals surface area contributed by atoms with Crippen molar-refractivity contribution in [2.45, 2.75) is 65.0 Å². The van der Waals surface area contributed by atoms with E-state index in [2.05, 4.69) is 124 Å². The van der Waals surface area contributed by atoms with Gasteiger partial charge in [-0.1, -0.05) is 119 Å². The molecule has 3 aromatic carbocycles. The third-order valence-corrected chi connectivity index (χ3v) is 11.3. The Balaban J connectivity index is 2.00. The topological polar surface area (TPSA) is 21.3 Å². The average Bonchev–Trinajstić information content (AvgIpc) is 3.39. The molecule has 0 unspecified atom stereocenters. The van der Waals surface area contributed by atoms with Crippen molar-refractivity contribution in [3.05, 3.63) is 91.0 Å². The van der Waals surface area contributed by atoms with E-state index in [0.29, 0.717) is 17.9 Å². The van der Waals surface area contributed by atoms with Crippen molar-refractivity contribution in [2.24, 2.45) is 11.8 Å². The quantitative estimate of drug-likeness (QED) is 0.322. The molecule has 4 rings (SSSR count). The number of hydrogen-bond donors (Lipinski definition) is 1. The predicted molar refractivity (Wildman–Crippen MR) is 148 cm³/mol. The zero-order chi connectivity index (χ0) is 24.0. The SMILES string of the molecule is CC(C)CC(CC(C)C)(O[Si](c1ccccc1)(c1ccccc1)c1ccccc1)[C@@H]1CCCN1. The van der Waals surface area contributed by atoms with Crippen molar-refractivity contribution >= 4 is 23.9 Å². The molecule has 0 aliphatic carbocycles.